The Morgan fingerprint density at radius 2 is 1.97 bits per heavy atom. The number of methoxy groups -OCH3 is 1. The zero-order chi connectivity index (χ0) is 22.6. The number of carbonyl (C=O) groups is 2. The van der Waals surface area contributed by atoms with Gasteiger partial charge in [0.1, 0.15) is 5.75 Å². The number of fused-ring (bicyclic) bond motifs is 1. The van der Waals surface area contributed by atoms with E-state index < -0.39 is 11.9 Å². The van der Waals surface area contributed by atoms with Crippen molar-refractivity contribution in [2.75, 3.05) is 47.1 Å². The summed E-state index contributed by atoms with van der Waals surface area (Å²) in [4.78, 5) is 30.0. The van der Waals surface area contributed by atoms with Gasteiger partial charge in [-0.3, -0.25) is 4.79 Å². The van der Waals surface area contributed by atoms with E-state index in [1.165, 1.54) is 4.90 Å². The van der Waals surface area contributed by atoms with E-state index in [2.05, 4.69) is 11.9 Å². The third-order valence-electron chi connectivity index (χ3n) is 6.93. The van der Waals surface area contributed by atoms with Gasteiger partial charge in [-0.15, -0.1) is 0 Å². The van der Waals surface area contributed by atoms with E-state index in [0.717, 1.165) is 25.7 Å². The van der Waals surface area contributed by atoms with Crippen molar-refractivity contribution < 1.29 is 28.5 Å². The lowest BCUT2D eigenvalue weighted by atomic mass is 9.72. The van der Waals surface area contributed by atoms with Gasteiger partial charge in [0.05, 0.1) is 19.1 Å². The third kappa shape index (κ3) is 5.14. The first-order valence-corrected chi connectivity index (χ1v) is 11.6. The predicted molar refractivity (Wildman–Crippen MR) is 117 cm³/mol. The highest BCUT2D eigenvalue weighted by molar-refractivity contribution is 5.94. The SMILES string of the molecule is COCCCN(C(=O)Oc1ccccc1)C(=O)[C@@H]1C[C@@H]2CC3(CC[C@H]2N(C)C1)OCCO3. The maximum absolute atomic E-state index is 13.6. The summed E-state index contributed by atoms with van der Waals surface area (Å²) in [5, 5.41) is 0. The number of benzene rings is 1. The Balaban J connectivity index is 1.46. The average Bonchev–Trinajstić information content (AvgIpc) is 3.24. The lowest BCUT2D eigenvalue weighted by Gasteiger charge is -2.49. The molecule has 8 heteroatoms. The highest BCUT2D eigenvalue weighted by atomic mass is 16.7. The van der Waals surface area contributed by atoms with Crippen LogP contribution in [-0.4, -0.2) is 80.7 Å². The largest absolute Gasteiger partial charge is 0.421 e. The third-order valence-corrected chi connectivity index (χ3v) is 6.93. The van der Waals surface area contributed by atoms with Gasteiger partial charge >= 0.3 is 6.09 Å². The second kappa shape index (κ2) is 10.3. The van der Waals surface area contributed by atoms with Crippen LogP contribution in [0.2, 0.25) is 0 Å². The zero-order valence-corrected chi connectivity index (χ0v) is 19.0. The molecule has 1 spiro atoms. The Morgan fingerprint density at radius 3 is 2.69 bits per heavy atom. The Morgan fingerprint density at radius 1 is 1.22 bits per heavy atom. The molecule has 1 aromatic carbocycles. The van der Waals surface area contributed by atoms with Crippen LogP contribution >= 0.6 is 0 Å². The second-order valence-electron chi connectivity index (χ2n) is 9.07. The molecule has 0 unspecified atom stereocenters. The fourth-order valence-corrected chi connectivity index (χ4v) is 5.45. The van der Waals surface area contributed by atoms with Crippen LogP contribution in [0.3, 0.4) is 0 Å². The quantitative estimate of drug-likeness (QED) is 0.622. The summed E-state index contributed by atoms with van der Waals surface area (Å²) in [6.07, 6.45) is 3.33. The Labute approximate surface area is 189 Å². The van der Waals surface area contributed by atoms with Crippen molar-refractivity contribution in [2.24, 2.45) is 11.8 Å². The number of imide groups is 1. The number of piperidine rings is 1. The van der Waals surface area contributed by atoms with Gasteiger partial charge in [-0.25, -0.2) is 9.69 Å². The minimum atomic E-state index is -0.635. The van der Waals surface area contributed by atoms with E-state index in [9.17, 15) is 9.59 Å². The molecule has 1 saturated carbocycles. The molecular formula is C24H34N2O6. The molecule has 0 N–H and O–H groups in total. The van der Waals surface area contributed by atoms with Crippen molar-refractivity contribution in [1.82, 2.24) is 9.80 Å². The maximum atomic E-state index is 13.6. The summed E-state index contributed by atoms with van der Waals surface area (Å²) in [6.45, 7) is 2.63. The van der Waals surface area contributed by atoms with Crippen LogP contribution in [0.5, 0.6) is 5.75 Å². The highest BCUT2D eigenvalue weighted by Crippen LogP contribution is 2.45. The molecule has 3 atom stereocenters. The van der Waals surface area contributed by atoms with E-state index in [1.807, 2.05) is 6.07 Å². The number of para-hydroxylation sites is 1. The molecule has 1 aromatic rings. The van der Waals surface area contributed by atoms with E-state index >= 15 is 0 Å². The molecule has 176 valence electrons. The molecule has 8 nitrogen and oxygen atoms in total. The van der Waals surface area contributed by atoms with E-state index in [-0.39, 0.29) is 18.4 Å². The lowest BCUT2D eigenvalue weighted by molar-refractivity contribution is -0.202. The molecular weight excluding hydrogens is 412 g/mol. The molecule has 1 aliphatic carbocycles. The van der Waals surface area contributed by atoms with Gasteiger partial charge in [-0.2, -0.15) is 0 Å². The topological polar surface area (TPSA) is 77.5 Å². The zero-order valence-electron chi connectivity index (χ0n) is 19.0. The maximum Gasteiger partial charge on any atom is 0.421 e. The summed E-state index contributed by atoms with van der Waals surface area (Å²) < 4.78 is 22.5. The van der Waals surface area contributed by atoms with Crippen LogP contribution < -0.4 is 4.74 Å². The number of carbonyl (C=O) groups excluding carboxylic acids is 2. The molecule has 4 rings (SSSR count). The highest BCUT2D eigenvalue weighted by Gasteiger charge is 2.49. The van der Waals surface area contributed by atoms with Gasteiger partial charge in [0.2, 0.25) is 5.91 Å². The number of likely N-dealkylation sites (tertiary alicyclic amines) is 1. The minimum Gasteiger partial charge on any atom is -0.410 e. The number of nitrogens with zero attached hydrogens (tertiary/aromatic N) is 2. The molecule has 3 aliphatic rings. The van der Waals surface area contributed by atoms with Crippen LogP contribution in [-0.2, 0) is 19.0 Å². The fraction of sp³-hybridized carbons (Fsp3) is 0.667. The van der Waals surface area contributed by atoms with Gasteiger partial charge < -0.3 is 23.8 Å². The summed E-state index contributed by atoms with van der Waals surface area (Å²) >= 11 is 0. The van der Waals surface area contributed by atoms with Gasteiger partial charge in [0, 0.05) is 45.7 Å². The Hall–Kier alpha value is -2.00. The molecule has 2 amide bonds. The minimum absolute atomic E-state index is 0.180. The van der Waals surface area contributed by atoms with E-state index in [0.29, 0.717) is 50.5 Å². The first kappa shape index (κ1) is 23.2. The van der Waals surface area contributed by atoms with Crippen molar-refractivity contribution in [3.05, 3.63) is 30.3 Å². The normalized spacial score (nSPS) is 27.1. The predicted octanol–water partition coefficient (Wildman–Crippen LogP) is 2.91. The summed E-state index contributed by atoms with van der Waals surface area (Å²) in [6, 6.07) is 9.26. The van der Waals surface area contributed by atoms with Crippen LogP contribution in [0.25, 0.3) is 0 Å². The van der Waals surface area contributed by atoms with Crippen LogP contribution in [0, 0.1) is 11.8 Å². The molecule has 0 radical (unpaired) electrons. The summed E-state index contributed by atoms with van der Waals surface area (Å²) in [5.74, 6) is -0.228. The Kier molecular flexibility index (Phi) is 7.45. The monoisotopic (exact) mass is 446 g/mol. The number of amides is 2. The second-order valence-corrected chi connectivity index (χ2v) is 9.07. The first-order valence-electron chi connectivity index (χ1n) is 11.6. The van der Waals surface area contributed by atoms with Crippen molar-refractivity contribution in [3.63, 3.8) is 0 Å². The average molecular weight is 447 g/mol. The van der Waals surface area contributed by atoms with Gasteiger partial charge in [0.15, 0.2) is 5.79 Å². The van der Waals surface area contributed by atoms with Crippen molar-refractivity contribution in [3.8, 4) is 5.75 Å². The van der Waals surface area contributed by atoms with Gasteiger partial charge in [-0.05, 0) is 44.4 Å². The Bertz CT molecular complexity index is 782. The summed E-state index contributed by atoms with van der Waals surface area (Å²) in [5.41, 5.74) is 0. The molecule has 32 heavy (non-hydrogen) atoms. The van der Waals surface area contributed by atoms with Crippen LogP contribution in [0.1, 0.15) is 32.1 Å². The fourth-order valence-electron chi connectivity index (χ4n) is 5.45. The van der Waals surface area contributed by atoms with Gasteiger partial charge in [0.25, 0.3) is 0 Å². The van der Waals surface area contributed by atoms with Crippen molar-refractivity contribution >= 4 is 12.0 Å². The van der Waals surface area contributed by atoms with Crippen LogP contribution in [0.15, 0.2) is 30.3 Å². The number of ether oxygens (including phenoxy) is 4. The molecule has 0 aromatic heterocycles. The summed E-state index contributed by atoms with van der Waals surface area (Å²) in [7, 11) is 3.68. The van der Waals surface area contributed by atoms with Crippen molar-refractivity contribution in [1.29, 1.82) is 0 Å². The molecule has 2 aliphatic heterocycles. The number of rotatable bonds is 6. The lowest BCUT2D eigenvalue weighted by Crippen LogP contribution is -2.56. The van der Waals surface area contributed by atoms with Crippen molar-refractivity contribution in [2.45, 2.75) is 43.9 Å². The van der Waals surface area contributed by atoms with Gasteiger partial charge in [-0.1, -0.05) is 18.2 Å². The molecule has 2 saturated heterocycles. The molecule has 2 heterocycles. The molecule has 3 fully saturated rings. The smallest absolute Gasteiger partial charge is 0.410 e. The molecule has 0 bridgehead atoms. The number of hydrogen-bond acceptors (Lipinski definition) is 7. The number of hydrogen-bond donors (Lipinski definition) is 0. The first-order chi connectivity index (χ1) is 15.5. The van der Waals surface area contributed by atoms with Crippen LogP contribution in [0.4, 0.5) is 4.79 Å². The van der Waals surface area contributed by atoms with E-state index in [4.69, 9.17) is 18.9 Å². The standard InChI is InChI=1S/C24H34N2O6/c1-25-17-19(15-18-16-24(10-9-21(18)25)30-13-14-31-24)22(27)26(11-6-12-29-2)23(28)32-20-7-4-3-5-8-20/h3-5,7-8,18-19,21H,6,9-17H2,1-2H3/t18-,19-,21-/m1/s1. The van der Waals surface area contributed by atoms with E-state index in [1.54, 1.807) is 31.4 Å².